The highest BCUT2D eigenvalue weighted by atomic mass is 15.3. The van der Waals surface area contributed by atoms with E-state index in [0.717, 1.165) is 17.8 Å². The molecule has 0 amide bonds. The van der Waals surface area contributed by atoms with Gasteiger partial charge in [0.05, 0.1) is 30.1 Å². The first-order valence-corrected chi connectivity index (χ1v) is 5.84. The molecule has 0 aromatic carbocycles. The minimum Gasteiger partial charge on any atom is -0.323 e. The van der Waals surface area contributed by atoms with Crippen LogP contribution in [0, 0.1) is 5.92 Å². The van der Waals surface area contributed by atoms with Gasteiger partial charge in [-0.05, 0) is 12.3 Å². The molecule has 2 aromatic heterocycles. The summed E-state index contributed by atoms with van der Waals surface area (Å²) < 4.78 is 3.77. The summed E-state index contributed by atoms with van der Waals surface area (Å²) in [5.41, 5.74) is 8.23. The highest BCUT2D eigenvalue weighted by Crippen LogP contribution is 2.21. The number of hydrogen-bond donors (Lipinski definition) is 1. The zero-order chi connectivity index (χ0) is 12.4. The maximum Gasteiger partial charge on any atom is 0.0995 e. The van der Waals surface area contributed by atoms with E-state index in [0.29, 0.717) is 5.92 Å². The summed E-state index contributed by atoms with van der Waals surface area (Å²) in [5.74, 6) is 0.572. The molecule has 2 heterocycles. The average molecular weight is 233 g/mol. The number of rotatable bonds is 4. The quantitative estimate of drug-likeness (QED) is 0.873. The molecule has 92 valence electrons. The summed E-state index contributed by atoms with van der Waals surface area (Å²) in [5, 5.41) is 4.16. The molecule has 0 aliphatic rings. The van der Waals surface area contributed by atoms with Gasteiger partial charge in [0.1, 0.15) is 0 Å². The number of nitrogens with two attached hydrogens (primary N) is 1. The topological polar surface area (TPSA) is 61.7 Å². The smallest absolute Gasteiger partial charge is 0.0995 e. The first kappa shape index (κ1) is 11.9. The van der Waals surface area contributed by atoms with Crippen LogP contribution in [-0.4, -0.2) is 19.3 Å². The van der Waals surface area contributed by atoms with Crippen molar-refractivity contribution in [1.82, 2.24) is 19.3 Å². The SMILES string of the molecule is CC(C)CC(N)c1cncn1-c1cnn(C)c1. The third kappa shape index (κ3) is 2.55. The van der Waals surface area contributed by atoms with E-state index in [9.17, 15) is 0 Å². The van der Waals surface area contributed by atoms with Crippen molar-refractivity contribution >= 4 is 0 Å². The Balaban J connectivity index is 2.28. The first-order chi connectivity index (χ1) is 8.08. The molecule has 0 aliphatic carbocycles. The van der Waals surface area contributed by atoms with Crippen LogP contribution in [0.3, 0.4) is 0 Å². The summed E-state index contributed by atoms with van der Waals surface area (Å²) in [6.45, 7) is 4.34. The zero-order valence-electron chi connectivity index (χ0n) is 10.5. The van der Waals surface area contributed by atoms with Gasteiger partial charge in [-0.2, -0.15) is 5.10 Å². The molecule has 17 heavy (non-hydrogen) atoms. The van der Waals surface area contributed by atoms with Crippen molar-refractivity contribution in [3.8, 4) is 5.69 Å². The van der Waals surface area contributed by atoms with Gasteiger partial charge in [-0.1, -0.05) is 13.8 Å². The Morgan fingerprint density at radius 1 is 1.35 bits per heavy atom. The molecular formula is C12H19N5. The summed E-state index contributed by atoms with van der Waals surface area (Å²) >= 11 is 0. The fourth-order valence-electron chi connectivity index (χ4n) is 1.96. The van der Waals surface area contributed by atoms with Crippen LogP contribution in [0.4, 0.5) is 0 Å². The van der Waals surface area contributed by atoms with Gasteiger partial charge in [0, 0.05) is 19.3 Å². The molecule has 1 unspecified atom stereocenters. The molecular weight excluding hydrogens is 214 g/mol. The van der Waals surface area contributed by atoms with Gasteiger partial charge in [0.15, 0.2) is 0 Å². The Kier molecular flexibility index (Phi) is 3.28. The lowest BCUT2D eigenvalue weighted by Gasteiger charge is -2.15. The van der Waals surface area contributed by atoms with Crippen LogP contribution in [0.2, 0.25) is 0 Å². The third-order valence-electron chi connectivity index (χ3n) is 2.74. The maximum absolute atomic E-state index is 6.20. The predicted molar refractivity (Wildman–Crippen MR) is 66.7 cm³/mol. The molecule has 0 bridgehead atoms. The standard InChI is InChI=1S/C12H19N5/c1-9(2)4-11(13)12-6-14-8-17(12)10-5-15-16(3)7-10/h5-9,11H,4,13H2,1-3H3. The Morgan fingerprint density at radius 3 is 2.71 bits per heavy atom. The third-order valence-corrected chi connectivity index (χ3v) is 2.74. The van der Waals surface area contributed by atoms with Crippen molar-refractivity contribution in [1.29, 1.82) is 0 Å². The van der Waals surface area contributed by atoms with Gasteiger partial charge in [0.2, 0.25) is 0 Å². The second kappa shape index (κ2) is 4.71. The van der Waals surface area contributed by atoms with Crippen LogP contribution in [0.1, 0.15) is 32.0 Å². The molecule has 2 aromatic rings. The van der Waals surface area contributed by atoms with Crippen molar-refractivity contribution in [2.24, 2.45) is 18.7 Å². The van der Waals surface area contributed by atoms with Crippen molar-refractivity contribution < 1.29 is 0 Å². The summed E-state index contributed by atoms with van der Waals surface area (Å²) in [7, 11) is 1.90. The van der Waals surface area contributed by atoms with E-state index in [1.807, 2.05) is 30.2 Å². The Bertz CT molecular complexity index is 483. The average Bonchev–Trinajstić information content (AvgIpc) is 2.83. The van der Waals surface area contributed by atoms with Gasteiger partial charge in [-0.15, -0.1) is 0 Å². The van der Waals surface area contributed by atoms with Crippen LogP contribution >= 0.6 is 0 Å². The second-order valence-corrected chi connectivity index (χ2v) is 4.80. The highest BCUT2D eigenvalue weighted by molar-refractivity contribution is 5.29. The highest BCUT2D eigenvalue weighted by Gasteiger charge is 2.14. The van der Waals surface area contributed by atoms with Gasteiger partial charge >= 0.3 is 0 Å². The number of nitrogens with zero attached hydrogens (tertiary/aromatic N) is 4. The summed E-state index contributed by atoms with van der Waals surface area (Å²) in [4.78, 5) is 4.18. The molecule has 1 atom stereocenters. The van der Waals surface area contributed by atoms with E-state index < -0.39 is 0 Å². The van der Waals surface area contributed by atoms with Crippen molar-refractivity contribution in [2.75, 3.05) is 0 Å². The lowest BCUT2D eigenvalue weighted by atomic mass is 10.0. The molecule has 0 radical (unpaired) electrons. The van der Waals surface area contributed by atoms with Gasteiger partial charge < -0.3 is 5.73 Å². The number of aryl methyl sites for hydroxylation is 1. The van der Waals surface area contributed by atoms with Gasteiger partial charge in [-0.3, -0.25) is 9.25 Å². The fourth-order valence-corrected chi connectivity index (χ4v) is 1.96. The molecule has 5 heteroatoms. The van der Waals surface area contributed by atoms with Crippen LogP contribution in [0.15, 0.2) is 24.9 Å². The molecule has 5 nitrogen and oxygen atoms in total. The monoisotopic (exact) mass is 233 g/mol. The van der Waals surface area contributed by atoms with E-state index in [2.05, 4.69) is 23.9 Å². The summed E-state index contributed by atoms with van der Waals surface area (Å²) in [6.07, 6.45) is 8.33. The molecule has 0 saturated carbocycles. The lowest BCUT2D eigenvalue weighted by molar-refractivity contribution is 0.498. The van der Waals surface area contributed by atoms with Crippen molar-refractivity contribution in [3.05, 3.63) is 30.6 Å². The molecule has 0 spiro atoms. The number of imidazole rings is 1. The fraction of sp³-hybridized carbons (Fsp3) is 0.500. The van der Waals surface area contributed by atoms with Crippen LogP contribution in [-0.2, 0) is 7.05 Å². The molecule has 0 saturated heterocycles. The first-order valence-electron chi connectivity index (χ1n) is 5.84. The lowest BCUT2D eigenvalue weighted by Crippen LogP contribution is -2.16. The molecule has 0 fully saturated rings. The van der Waals surface area contributed by atoms with Gasteiger partial charge in [-0.25, -0.2) is 4.98 Å². The van der Waals surface area contributed by atoms with E-state index in [1.165, 1.54) is 0 Å². The Labute approximate surface area is 101 Å². The van der Waals surface area contributed by atoms with E-state index in [4.69, 9.17) is 5.73 Å². The molecule has 0 aliphatic heterocycles. The van der Waals surface area contributed by atoms with Crippen LogP contribution in [0.5, 0.6) is 0 Å². The van der Waals surface area contributed by atoms with Crippen LogP contribution in [0.25, 0.3) is 5.69 Å². The maximum atomic E-state index is 6.20. The zero-order valence-corrected chi connectivity index (χ0v) is 10.5. The van der Waals surface area contributed by atoms with Crippen molar-refractivity contribution in [3.63, 3.8) is 0 Å². The number of hydrogen-bond acceptors (Lipinski definition) is 3. The van der Waals surface area contributed by atoms with Crippen molar-refractivity contribution in [2.45, 2.75) is 26.3 Å². The van der Waals surface area contributed by atoms with E-state index >= 15 is 0 Å². The molecule has 2 rings (SSSR count). The minimum absolute atomic E-state index is 0.0118. The van der Waals surface area contributed by atoms with Crippen LogP contribution < -0.4 is 5.73 Å². The Hall–Kier alpha value is -1.62. The van der Waals surface area contributed by atoms with Gasteiger partial charge in [0.25, 0.3) is 0 Å². The number of aromatic nitrogens is 4. The van der Waals surface area contributed by atoms with E-state index in [1.54, 1.807) is 11.0 Å². The predicted octanol–water partition coefficient (Wildman–Crippen LogP) is 1.65. The summed E-state index contributed by atoms with van der Waals surface area (Å²) in [6, 6.07) is 0.0118. The second-order valence-electron chi connectivity index (χ2n) is 4.80. The largest absolute Gasteiger partial charge is 0.323 e. The Morgan fingerprint density at radius 2 is 2.12 bits per heavy atom. The molecule has 2 N–H and O–H groups in total. The van der Waals surface area contributed by atoms with E-state index in [-0.39, 0.29) is 6.04 Å². The minimum atomic E-state index is 0.0118. The normalized spacial score (nSPS) is 13.2.